The molecule has 160 valence electrons. The second-order valence-electron chi connectivity index (χ2n) is 7.15. The highest BCUT2D eigenvalue weighted by atomic mass is 16.5. The molecule has 0 radical (unpaired) electrons. The summed E-state index contributed by atoms with van der Waals surface area (Å²) in [5, 5.41) is 6.13. The molecule has 8 nitrogen and oxygen atoms in total. The molecule has 0 saturated carbocycles. The lowest BCUT2D eigenvalue weighted by molar-refractivity contribution is -0.118. The first-order valence-corrected chi connectivity index (χ1v) is 10.2. The Morgan fingerprint density at radius 3 is 2.48 bits per heavy atom. The van der Waals surface area contributed by atoms with Gasteiger partial charge in [-0.3, -0.25) is 4.79 Å². The van der Waals surface area contributed by atoms with E-state index >= 15 is 0 Å². The quantitative estimate of drug-likeness (QED) is 0.607. The van der Waals surface area contributed by atoms with Crippen LogP contribution in [-0.2, 0) is 9.53 Å². The fourth-order valence-corrected chi connectivity index (χ4v) is 3.17. The standard InChI is InChI=1S/C23H25N5O3/c1-17-15-21(27-23(24-17)28-11-13-30-14-12-28)25-18-7-9-19(10-8-18)26-22(29)16-31-20-5-3-2-4-6-20/h2-10,15H,11-14,16H2,1H3,(H,26,29)(H,24,25,27). The van der Waals surface area contributed by atoms with Gasteiger partial charge in [-0.1, -0.05) is 18.2 Å². The van der Waals surface area contributed by atoms with Crippen LogP contribution in [0.15, 0.2) is 60.7 Å². The molecule has 1 saturated heterocycles. The lowest BCUT2D eigenvalue weighted by Crippen LogP contribution is -2.37. The number of morpholine rings is 1. The molecule has 1 amide bonds. The first-order chi connectivity index (χ1) is 15.2. The maximum atomic E-state index is 12.1. The molecular formula is C23H25N5O3. The summed E-state index contributed by atoms with van der Waals surface area (Å²) in [7, 11) is 0. The van der Waals surface area contributed by atoms with Crippen LogP contribution in [0, 0.1) is 6.92 Å². The van der Waals surface area contributed by atoms with Crippen LogP contribution in [0.1, 0.15) is 5.69 Å². The normalized spacial score (nSPS) is 13.5. The van der Waals surface area contributed by atoms with Crippen molar-refractivity contribution in [2.45, 2.75) is 6.92 Å². The van der Waals surface area contributed by atoms with Crippen LogP contribution >= 0.6 is 0 Å². The third-order valence-electron chi connectivity index (χ3n) is 4.69. The van der Waals surface area contributed by atoms with Gasteiger partial charge in [-0.2, -0.15) is 4.98 Å². The number of aryl methyl sites for hydroxylation is 1. The number of ether oxygens (including phenoxy) is 2. The smallest absolute Gasteiger partial charge is 0.262 e. The Morgan fingerprint density at radius 2 is 1.74 bits per heavy atom. The van der Waals surface area contributed by atoms with E-state index in [2.05, 4.69) is 25.5 Å². The lowest BCUT2D eigenvalue weighted by atomic mass is 10.2. The van der Waals surface area contributed by atoms with Gasteiger partial charge in [-0.05, 0) is 43.3 Å². The largest absolute Gasteiger partial charge is 0.484 e. The number of carbonyl (C=O) groups is 1. The minimum atomic E-state index is -0.217. The summed E-state index contributed by atoms with van der Waals surface area (Å²) < 4.78 is 10.9. The summed E-state index contributed by atoms with van der Waals surface area (Å²) in [4.78, 5) is 23.4. The number of rotatable bonds is 7. The van der Waals surface area contributed by atoms with Crippen LogP contribution in [0.4, 0.5) is 23.1 Å². The Bertz CT molecular complexity index is 1010. The predicted molar refractivity (Wildman–Crippen MR) is 120 cm³/mol. The van der Waals surface area contributed by atoms with Gasteiger partial charge in [0.1, 0.15) is 11.6 Å². The highest BCUT2D eigenvalue weighted by molar-refractivity contribution is 5.92. The number of amides is 1. The molecule has 2 aromatic carbocycles. The summed E-state index contributed by atoms with van der Waals surface area (Å²) in [6, 6.07) is 18.6. The Kier molecular flexibility index (Phi) is 6.59. The summed E-state index contributed by atoms with van der Waals surface area (Å²) in [6.45, 7) is 4.84. The topological polar surface area (TPSA) is 88.6 Å². The minimum Gasteiger partial charge on any atom is -0.484 e. The molecule has 0 unspecified atom stereocenters. The van der Waals surface area contributed by atoms with E-state index in [0.717, 1.165) is 30.3 Å². The van der Waals surface area contributed by atoms with Crippen molar-refractivity contribution in [3.8, 4) is 5.75 Å². The van der Waals surface area contributed by atoms with Crippen LogP contribution in [0.25, 0.3) is 0 Å². The van der Waals surface area contributed by atoms with Crippen molar-refractivity contribution in [2.24, 2.45) is 0 Å². The number of hydrogen-bond donors (Lipinski definition) is 2. The second-order valence-corrected chi connectivity index (χ2v) is 7.15. The monoisotopic (exact) mass is 419 g/mol. The molecule has 2 heterocycles. The zero-order valence-corrected chi connectivity index (χ0v) is 17.4. The summed E-state index contributed by atoms with van der Waals surface area (Å²) in [6.07, 6.45) is 0. The summed E-state index contributed by atoms with van der Waals surface area (Å²) in [5.41, 5.74) is 2.45. The van der Waals surface area contributed by atoms with Gasteiger partial charge >= 0.3 is 0 Å². The van der Waals surface area contributed by atoms with Gasteiger partial charge in [0, 0.05) is 36.2 Å². The SMILES string of the molecule is Cc1cc(Nc2ccc(NC(=O)COc3ccccc3)cc2)nc(N2CCOCC2)n1. The van der Waals surface area contributed by atoms with E-state index in [9.17, 15) is 4.79 Å². The van der Waals surface area contributed by atoms with E-state index in [-0.39, 0.29) is 12.5 Å². The Balaban J connectivity index is 1.34. The van der Waals surface area contributed by atoms with E-state index in [1.54, 1.807) is 0 Å². The highest BCUT2D eigenvalue weighted by Crippen LogP contribution is 2.21. The number of aromatic nitrogens is 2. The van der Waals surface area contributed by atoms with Crippen molar-refractivity contribution in [1.29, 1.82) is 0 Å². The van der Waals surface area contributed by atoms with Crippen molar-refractivity contribution >= 4 is 29.0 Å². The molecular weight excluding hydrogens is 394 g/mol. The van der Waals surface area contributed by atoms with E-state index in [1.807, 2.05) is 67.6 Å². The average molecular weight is 419 g/mol. The van der Waals surface area contributed by atoms with E-state index in [1.165, 1.54) is 0 Å². The molecule has 0 bridgehead atoms. The first kappa shape index (κ1) is 20.6. The fourth-order valence-electron chi connectivity index (χ4n) is 3.17. The van der Waals surface area contributed by atoms with Crippen molar-refractivity contribution < 1.29 is 14.3 Å². The van der Waals surface area contributed by atoms with Crippen LogP contribution < -0.4 is 20.3 Å². The highest BCUT2D eigenvalue weighted by Gasteiger charge is 2.15. The number of nitrogens with zero attached hydrogens (tertiary/aromatic N) is 3. The molecule has 1 aromatic heterocycles. The molecule has 31 heavy (non-hydrogen) atoms. The number of benzene rings is 2. The van der Waals surface area contributed by atoms with E-state index < -0.39 is 0 Å². The Hall–Kier alpha value is -3.65. The van der Waals surface area contributed by atoms with Gasteiger partial charge in [-0.25, -0.2) is 4.98 Å². The van der Waals surface area contributed by atoms with E-state index in [0.29, 0.717) is 30.6 Å². The molecule has 1 fully saturated rings. The molecule has 3 aromatic rings. The van der Waals surface area contributed by atoms with Gasteiger partial charge in [0.15, 0.2) is 6.61 Å². The molecule has 2 N–H and O–H groups in total. The van der Waals surface area contributed by atoms with Crippen LogP contribution in [0.2, 0.25) is 0 Å². The van der Waals surface area contributed by atoms with Gasteiger partial charge in [0.25, 0.3) is 5.91 Å². The number of para-hydroxylation sites is 1. The maximum absolute atomic E-state index is 12.1. The number of hydrogen-bond acceptors (Lipinski definition) is 7. The number of carbonyl (C=O) groups excluding carboxylic acids is 1. The molecule has 0 spiro atoms. The fraction of sp³-hybridized carbons (Fsp3) is 0.261. The third-order valence-corrected chi connectivity index (χ3v) is 4.69. The van der Waals surface area contributed by atoms with Crippen molar-refractivity contribution in [2.75, 3.05) is 48.4 Å². The molecule has 0 aliphatic carbocycles. The Morgan fingerprint density at radius 1 is 1.03 bits per heavy atom. The average Bonchev–Trinajstić information content (AvgIpc) is 2.80. The zero-order valence-electron chi connectivity index (χ0n) is 17.4. The molecule has 4 rings (SSSR count). The van der Waals surface area contributed by atoms with Gasteiger partial charge in [0.05, 0.1) is 13.2 Å². The van der Waals surface area contributed by atoms with Crippen molar-refractivity contribution in [1.82, 2.24) is 9.97 Å². The zero-order chi connectivity index (χ0) is 21.5. The van der Waals surface area contributed by atoms with E-state index in [4.69, 9.17) is 9.47 Å². The predicted octanol–water partition coefficient (Wildman–Crippen LogP) is 3.38. The lowest BCUT2D eigenvalue weighted by Gasteiger charge is -2.27. The van der Waals surface area contributed by atoms with Crippen LogP contribution in [0.3, 0.4) is 0 Å². The Labute approximate surface area is 181 Å². The number of anilines is 4. The molecule has 1 aliphatic heterocycles. The number of nitrogens with one attached hydrogen (secondary N) is 2. The molecule has 1 aliphatic rings. The van der Waals surface area contributed by atoms with Crippen molar-refractivity contribution in [3.05, 3.63) is 66.4 Å². The van der Waals surface area contributed by atoms with Crippen molar-refractivity contribution in [3.63, 3.8) is 0 Å². The van der Waals surface area contributed by atoms with Gasteiger partial charge in [-0.15, -0.1) is 0 Å². The third kappa shape index (κ3) is 5.93. The van der Waals surface area contributed by atoms with Gasteiger partial charge in [0.2, 0.25) is 5.95 Å². The summed E-state index contributed by atoms with van der Waals surface area (Å²) in [5.74, 6) is 1.87. The van der Waals surface area contributed by atoms with Crippen LogP contribution in [0.5, 0.6) is 5.75 Å². The first-order valence-electron chi connectivity index (χ1n) is 10.2. The molecule has 0 atom stereocenters. The molecule has 8 heteroatoms. The second kappa shape index (κ2) is 9.90. The maximum Gasteiger partial charge on any atom is 0.262 e. The van der Waals surface area contributed by atoms with Crippen LogP contribution in [-0.4, -0.2) is 48.8 Å². The van der Waals surface area contributed by atoms with Gasteiger partial charge < -0.3 is 25.0 Å². The summed E-state index contributed by atoms with van der Waals surface area (Å²) >= 11 is 0. The minimum absolute atomic E-state index is 0.0471.